The molecule has 2 fully saturated rings. The molecule has 2 atom stereocenters. The molecular weight excluding hydrogens is 282 g/mol. The Hall–Kier alpha value is -0.860. The third-order valence-electron chi connectivity index (χ3n) is 6.33. The van der Waals surface area contributed by atoms with Gasteiger partial charge in [-0.15, -0.1) is 0 Å². The zero-order chi connectivity index (χ0) is 16.2. The molecule has 1 aromatic carbocycles. The molecule has 0 radical (unpaired) electrons. The molecule has 1 saturated carbocycles. The molecule has 0 bridgehead atoms. The zero-order valence-corrected chi connectivity index (χ0v) is 14.8. The fourth-order valence-corrected chi connectivity index (χ4v) is 5.06. The van der Waals surface area contributed by atoms with E-state index in [4.69, 9.17) is 0 Å². The predicted molar refractivity (Wildman–Crippen MR) is 96.4 cm³/mol. The Kier molecular flexibility index (Phi) is 5.43. The van der Waals surface area contributed by atoms with Crippen LogP contribution in [-0.4, -0.2) is 27.7 Å². The molecule has 1 aliphatic carbocycles. The van der Waals surface area contributed by atoms with Gasteiger partial charge in [-0.1, -0.05) is 69.4 Å². The number of benzene rings is 1. The van der Waals surface area contributed by atoms with Gasteiger partial charge < -0.3 is 5.11 Å². The lowest BCUT2D eigenvalue weighted by Crippen LogP contribution is -2.67. The molecule has 1 aliphatic heterocycles. The van der Waals surface area contributed by atoms with Crippen molar-refractivity contribution in [2.75, 3.05) is 6.54 Å². The summed E-state index contributed by atoms with van der Waals surface area (Å²) in [6.07, 6.45) is 11.7. The molecule has 0 aromatic heterocycles. The summed E-state index contributed by atoms with van der Waals surface area (Å²) < 4.78 is 0. The van der Waals surface area contributed by atoms with E-state index in [9.17, 15) is 5.11 Å². The second-order valence-corrected chi connectivity index (χ2v) is 7.74. The van der Waals surface area contributed by atoms with Crippen LogP contribution < -0.4 is 0 Å². The minimum atomic E-state index is -0.476. The molecular formula is C21H33NO. The molecule has 1 spiro atoms. The topological polar surface area (TPSA) is 23.5 Å². The summed E-state index contributed by atoms with van der Waals surface area (Å²) in [5, 5.41) is 11.7. The van der Waals surface area contributed by atoms with Crippen LogP contribution in [0.15, 0.2) is 30.3 Å². The summed E-state index contributed by atoms with van der Waals surface area (Å²) in [7, 11) is 0. The van der Waals surface area contributed by atoms with Crippen molar-refractivity contribution in [2.45, 2.75) is 88.8 Å². The maximum atomic E-state index is 11.7. The van der Waals surface area contributed by atoms with Crippen molar-refractivity contribution in [2.24, 2.45) is 0 Å². The minimum Gasteiger partial charge on any atom is -0.388 e. The van der Waals surface area contributed by atoms with Crippen molar-refractivity contribution < 1.29 is 5.11 Å². The van der Waals surface area contributed by atoms with Gasteiger partial charge >= 0.3 is 0 Å². The molecule has 23 heavy (non-hydrogen) atoms. The quantitative estimate of drug-likeness (QED) is 0.835. The van der Waals surface area contributed by atoms with Gasteiger partial charge in [-0.05, 0) is 44.2 Å². The maximum Gasteiger partial charge on any atom is 0.0830 e. The summed E-state index contributed by atoms with van der Waals surface area (Å²) >= 11 is 0. The van der Waals surface area contributed by atoms with Crippen molar-refractivity contribution >= 4 is 0 Å². The highest BCUT2D eigenvalue weighted by Gasteiger charge is 2.54. The lowest BCUT2D eigenvalue weighted by Gasteiger charge is -2.59. The lowest BCUT2D eigenvalue weighted by molar-refractivity contribution is -0.162. The standard InChI is InChI=1S/C21H33NO/c1-2-3-15-21(23)16-8-7-13-20(21)14-9-10-17-22(20)18-19-11-5-4-6-12-19/h4-6,11-12,23H,2-3,7-10,13-18H2,1H3. The first-order valence-corrected chi connectivity index (χ1v) is 9.72. The van der Waals surface area contributed by atoms with E-state index in [0.717, 1.165) is 32.4 Å². The summed E-state index contributed by atoms with van der Waals surface area (Å²) in [5.74, 6) is 0. The summed E-state index contributed by atoms with van der Waals surface area (Å²) in [4.78, 5) is 2.65. The highest BCUT2D eigenvalue weighted by atomic mass is 16.3. The van der Waals surface area contributed by atoms with E-state index < -0.39 is 5.60 Å². The second kappa shape index (κ2) is 7.36. The lowest BCUT2D eigenvalue weighted by atomic mass is 9.62. The van der Waals surface area contributed by atoms with E-state index in [-0.39, 0.29) is 5.54 Å². The number of hydrogen-bond donors (Lipinski definition) is 1. The highest BCUT2D eigenvalue weighted by molar-refractivity contribution is 5.17. The van der Waals surface area contributed by atoms with Gasteiger partial charge in [-0.2, -0.15) is 0 Å². The molecule has 128 valence electrons. The van der Waals surface area contributed by atoms with Gasteiger partial charge in [0, 0.05) is 12.1 Å². The normalized spacial score (nSPS) is 32.3. The van der Waals surface area contributed by atoms with Gasteiger partial charge in [-0.25, -0.2) is 0 Å². The molecule has 2 heteroatoms. The molecule has 2 aliphatic rings. The second-order valence-electron chi connectivity index (χ2n) is 7.74. The summed E-state index contributed by atoms with van der Waals surface area (Å²) in [6.45, 7) is 4.38. The van der Waals surface area contributed by atoms with Gasteiger partial charge in [0.05, 0.1) is 5.60 Å². The Morgan fingerprint density at radius 1 is 1.00 bits per heavy atom. The summed E-state index contributed by atoms with van der Waals surface area (Å²) in [5.41, 5.74) is 0.933. The number of aliphatic hydroxyl groups is 1. The molecule has 1 N–H and O–H groups in total. The van der Waals surface area contributed by atoms with Crippen LogP contribution in [0.2, 0.25) is 0 Å². The smallest absolute Gasteiger partial charge is 0.0830 e. The fourth-order valence-electron chi connectivity index (χ4n) is 5.06. The average Bonchev–Trinajstić information content (AvgIpc) is 2.59. The number of unbranched alkanes of at least 4 members (excludes halogenated alkanes) is 1. The Morgan fingerprint density at radius 2 is 1.70 bits per heavy atom. The van der Waals surface area contributed by atoms with Crippen molar-refractivity contribution in [1.82, 2.24) is 4.90 Å². The van der Waals surface area contributed by atoms with Gasteiger partial charge in [-0.3, -0.25) is 4.90 Å². The monoisotopic (exact) mass is 315 g/mol. The van der Waals surface area contributed by atoms with Crippen LogP contribution in [0.25, 0.3) is 0 Å². The minimum absolute atomic E-state index is 0.0223. The van der Waals surface area contributed by atoms with Gasteiger partial charge in [0.15, 0.2) is 0 Å². The van der Waals surface area contributed by atoms with Crippen molar-refractivity contribution in [1.29, 1.82) is 0 Å². The van der Waals surface area contributed by atoms with Crippen molar-refractivity contribution in [3.05, 3.63) is 35.9 Å². The van der Waals surface area contributed by atoms with Crippen LogP contribution in [-0.2, 0) is 6.54 Å². The van der Waals surface area contributed by atoms with Crippen molar-refractivity contribution in [3.63, 3.8) is 0 Å². The van der Waals surface area contributed by atoms with Crippen LogP contribution >= 0.6 is 0 Å². The first kappa shape index (κ1) is 17.0. The first-order valence-electron chi connectivity index (χ1n) is 9.72. The van der Waals surface area contributed by atoms with Crippen molar-refractivity contribution in [3.8, 4) is 0 Å². The molecule has 1 saturated heterocycles. The van der Waals surface area contributed by atoms with E-state index in [1.165, 1.54) is 50.5 Å². The number of likely N-dealkylation sites (tertiary alicyclic amines) is 1. The number of rotatable bonds is 5. The molecule has 3 rings (SSSR count). The number of nitrogens with zero attached hydrogens (tertiary/aromatic N) is 1. The van der Waals surface area contributed by atoms with E-state index in [1.54, 1.807) is 0 Å². The van der Waals surface area contributed by atoms with Crippen LogP contribution in [0.3, 0.4) is 0 Å². The van der Waals surface area contributed by atoms with Gasteiger partial charge in [0.2, 0.25) is 0 Å². The summed E-state index contributed by atoms with van der Waals surface area (Å²) in [6, 6.07) is 10.8. The Labute approximate surface area is 141 Å². The largest absolute Gasteiger partial charge is 0.388 e. The molecule has 2 nitrogen and oxygen atoms in total. The molecule has 1 heterocycles. The fraction of sp³-hybridized carbons (Fsp3) is 0.714. The van der Waals surface area contributed by atoms with Crippen LogP contribution in [0.4, 0.5) is 0 Å². The number of hydrogen-bond acceptors (Lipinski definition) is 2. The van der Waals surface area contributed by atoms with Gasteiger partial charge in [0.25, 0.3) is 0 Å². The van der Waals surface area contributed by atoms with Crippen LogP contribution in [0, 0.1) is 0 Å². The van der Waals surface area contributed by atoms with Crippen LogP contribution in [0.5, 0.6) is 0 Å². The maximum absolute atomic E-state index is 11.7. The molecule has 2 unspecified atom stereocenters. The van der Waals surface area contributed by atoms with Crippen LogP contribution in [0.1, 0.15) is 76.7 Å². The van der Waals surface area contributed by atoms with E-state index in [0.29, 0.717) is 0 Å². The Balaban J connectivity index is 1.87. The Morgan fingerprint density at radius 3 is 2.43 bits per heavy atom. The SMILES string of the molecule is CCCCC1(O)CCCCC12CCCCN2Cc1ccccc1. The van der Waals surface area contributed by atoms with E-state index in [1.807, 2.05) is 0 Å². The van der Waals surface area contributed by atoms with Gasteiger partial charge in [0.1, 0.15) is 0 Å². The first-order chi connectivity index (χ1) is 11.2. The Bertz CT molecular complexity index is 482. The van der Waals surface area contributed by atoms with E-state index >= 15 is 0 Å². The third-order valence-corrected chi connectivity index (χ3v) is 6.33. The highest BCUT2D eigenvalue weighted by Crippen LogP contribution is 2.49. The average molecular weight is 316 g/mol. The molecule has 1 aromatic rings. The predicted octanol–water partition coefficient (Wildman–Crippen LogP) is 4.91. The third kappa shape index (κ3) is 3.34. The molecule has 0 amide bonds. The van der Waals surface area contributed by atoms with E-state index in [2.05, 4.69) is 42.2 Å². The number of piperidine rings is 1. The zero-order valence-electron chi connectivity index (χ0n) is 14.8.